The second-order valence-corrected chi connectivity index (χ2v) is 5.19. The Morgan fingerprint density at radius 1 is 1.17 bits per heavy atom. The first-order valence-electron chi connectivity index (χ1n) is 5.96. The smallest absolute Gasteiger partial charge is 0.416 e. The number of benzene rings is 1. The highest BCUT2D eigenvalue weighted by atomic mass is 79.9. The molecule has 0 radical (unpaired) electrons. The molecule has 0 atom stereocenters. The lowest BCUT2D eigenvalue weighted by atomic mass is 10.1. The van der Waals surface area contributed by atoms with Gasteiger partial charge in [0.05, 0.1) is 12.7 Å². The third-order valence-electron chi connectivity index (χ3n) is 2.86. The van der Waals surface area contributed by atoms with E-state index in [1.54, 1.807) is 0 Å². The van der Waals surface area contributed by atoms with Crippen LogP contribution in [0.5, 0.6) is 0 Å². The summed E-state index contributed by atoms with van der Waals surface area (Å²) in [6, 6.07) is 2.84. The maximum atomic E-state index is 13.9. The van der Waals surface area contributed by atoms with E-state index >= 15 is 0 Å². The van der Waals surface area contributed by atoms with Gasteiger partial charge in [-0.25, -0.2) is 18.6 Å². The minimum atomic E-state index is -4.58. The first kappa shape index (κ1) is 17.3. The van der Waals surface area contributed by atoms with Crippen LogP contribution in [0.25, 0.3) is 11.3 Å². The van der Waals surface area contributed by atoms with Crippen LogP contribution in [0.2, 0.25) is 0 Å². The monoisotopic (exact) mass is 395 g/mol. The SMILES string of the molecule is COC(=O)c1nc(-c2ccc(C(F)(F)F)cc2Br)c(F)cc1F. The Hall–Kier alpha value is -2.03. The molecule has 0 fully saturated rings. The Morgan fingerprint density at radius 2 is 1.83 bits per heavy atom. The second-order valence-electron chi connectivity index (χ2n) is 4.33. The molecule has 1 heterocycles. The van der Waals surface area contributed by atoms with Crippen molar-refractivity contribution in [3.05, 3.63) is 51.6 Å². The number of pyridine rings is 1. The molecule has 1 aromatic heterocycles. The molecule has 0 bridgehead atoms. The molecule has 0 aliphatic heterocycles. The topological polar surface area (TPSA) is 39.2 Å². The van der Waals surface area contributed by atoms with Gasteiger partial charge in [-0.2, -0.15) is 13.2 Å². The van der Waals surface area contributed by atoms with E-state index in [2.05, 4.69) is 25.7 Å². The Labute approximate surface area is 135 Å². The summed E-state index contributed by atoms with van der Waals surface area (Å²) < 4.78 is 69.5. The highest BCUT2D eigenvalue weighted by Gasteiger charge is 2.31. The fourth-order valence-electron chi connectivity index (χ4n) is 1.78. The molecule has 0 saturated heterocycles. The van der Waals surface area contributed by atoms with Crippen LogP contribution in [-0.2, 0) is 10.9 Å². The van der Waals surface area contributed by atoms with E-state index in [1.807, 2.05) is 0 Å². The number of carbonyl (C=O) groups excluding carboxylic acids is 1. The van der Waals surface area contributed by atoms with Crippen molar-refractivity contribution in [2.75, 3.05) is 7.11 Å². The highest BCUT2D eigenvalue weighted by molar-refractivity contribution is 9.10. The number of aromatic nitrogens is 1. The maximum Gasteiger partial charge on any atom is 0.416 e. The number of carbonyl (C=O) groups is 1. The molecule has 23 heavy (non-hydrogen) atoms. The molecule has 2 rings (SSSR count). The molecule has 3 nitrogen and oxygen atoms in total. The van der Waals surface area contributed by atoms with Gasteiger partial charge in [-0.05, 0) is 12.1 Å². The summed E-state index contributed by atoms with van der Waals surface area (Å²) in [6.45, 7) is 0. The zero-order chi connectivity index (χ0) is 17.4. The summed E-state index contributed by atoms with van der Waals surface area (Å²) in [6.07, 6.45) is -4.58. The van der Waals surface area contributed by atoms with Crippen molar-refractivity contribution < 1.29 is 31.5 Å². The lowest BCUT2D eigenvalue weighted by molar-refractivity contribution is -0.137. The van der Waals surface area contributed by atoms with E-state index in [-0.39, 0.29) is 10.0 Å². The van der Waals surface area contributed by atoms with Gasteiger partial charge in [0.1, 0.15) is 5.69 Å². The molecule has 0 amide bonds. The van der Waals surface area contributed by atoms with Crippen molar-refractivity contribution in [2.45, 2.75) is 6.18 Å². The molecule has 0 aliphatic rings. The molecule has 0 spiro atoms. The molecule has 0 aliphatic carbocycles. The third kappa shape index (κ3) is 3.49. The summed E-state index contributed by atoms with van der Waals surface area (Å²) in [7, 11) is 0.987. The van der Waals surface area contributed by atoms with Gasteiger partial charge in [0, 0.05) is 16.1 Å². The van der Waals surface area contributed by atoms with Gasteiger partial charge >= 0.3 is 12.1 Å². The van der Waals surface area contributed by atoms with Crippen LogP contribution >= 0.6 is 15.9 Å². The largest absolute Gasteiger partial charge is 0.464 e. The number of methoxy groups -OCH3 is 1. The van der Waals surface area contributed by atoms with Crippen molar-refractivity contribution in [2.24, 2.45) is 0 Å². The molecule has 9 heteroatoms. The minimum Gasteiger partial charge on any atom is -0.464 e. The minimum absolute atomic E-state index is 0.0688. The van der Waals surface area contributed by atoms with Gasteiger partial charge in [-0.3, -0.25) is 0 Å². The molecular weight excluding hydrogens is 389 g/mol. The molecule has 2 aromatic rings. The number of hydrogen-bond donors (Lipinski definition) is 0. The highest BCUT2D eigenvalue weighted by Crippen LogP contribution is 2.36. The molecule has 0 saturated carbocycles. The Balaban J connectivity index is 2.61. The lowest BCUT2D eigenvalue weighted by Crippen LogP contribution is -2.10. The lowest BCUT2D eigenvalue weighted by Gasteiger charge is -2.11. The van der Waals surface area contributed by atoms with Crippen molar-refractivity contribution in [3.63, 3.8) is 0 Å². The van der Waals surface area contributed by atoms with Crippen LogP contribution in [0.3, 0.4) is 0 Å². The van der Waals surface area contributed by atoms with E-state index in [0.29, 0.717) is 6.07 Å². The number of halogens is 6. The number of ether oxygens (including phenoxy) is 1. The summed E-state index contributed by atoms with van der Waals surface area (Å²) >= 11 is 2.89. The second kappa shape index (κ2) is 6.23. The number of rotatable bonds is 2. The van der Waals surface area contributed by atoms with Gasteiger partial charge in [-0.15, -0.1) is 0 Å². The van der Waals surface area contributed by atoms with Crippen LogP contribution in [0.4, 0.5) is 22.0 Å². The van der Waals surface area contributed by atoms with Crippen molar-refractivity contribution >= 4 is 21.9 Å². The van der Waals surface area contributed by atoms with Crippen molar-refractivity contribution in [1.82, 2.24) is 4.98 Å². The van der Waals surface area contributed by atoms with Crippen molar-refractivity contribution in [1.29, 1.82) is 0 Å². The molecule has 0 N–H and O–H groups in total. The van der Waals surface area contributed by atoms with Gasteiger partial charge in [-0.1, -0.05) is 22.0 Å². The first-order chi connectivity index (χ1) is 10.6. The van der Waals surface area contributed by atoms with E-state index in [9.17, 15) is 26.7 Å². The van der Waals surface area contributed by atoms with Crippen molar-refractivity contribution in [3.8, 4) is 11.3 Å². The summed E-state index contributed by atoms with van der Waals surface area (Å²) in [5.74, 6) is -3.50. The fourth-order valence-corrected chi connectivity index (χ4v) is 2.35. The van der Waals surface area contributed by atoms with Gasteiger partial charge < -0.3 is 4.74 Å². The zero-order valence-corrected chi connectivity index (χ0v) is 12.9. The number of esters is 1. The van der Waals surface area contributed by atoms with Gasteiger partial charge in [0.25, 0.3) is 0 Å². The third-order valence-corrected chi connectivity index (χ3v) is 3.52. The van der Waals surface area contributed by atoms with Crippen LogP contribution in [0, 0.1) is 11.6 Å². The molecular formula is C14H7BrF5NO2. The van der Waals surface area contributed by atoms with Crippen LogP contribution in [0.15, 0.2) is 28.7 Å². The maximum absolute atomic E-state index is 13.9. The molecule has 1 aromatic carbocycles. The average Bonchev–Trinajstić information content (AvgIpc) is 2.46. The van der Waals surface area contributed by atoms with E-state index in [4.69, 9.17) is 0 Å². The van der Waals surface area contributed by atoms with E-state index in [1.165, 1.54) is 0 Å². The van der Waals surface area contributed by atoms with Gasteiger partial charge in [0.2, 0.25) is 0 Å². The number of hydrogen-bond acceptors (Lipinski definition) is 3. The number of nitrogens with zero attached hydrogens (tertiary/aromatic N) is 1. The van der Waals surface area contributed by atoms with Crippen LogP contribution < -0.4 is 0 Å². The van der Waals surface area contributed by atoms with E-state index < -0.39 is 40.7 Å². The van der Waals surface area contributed by atoms with Crippen LogP contribution in [-0.4, -0.2) is 18.1 Å². The first-order valence-corrected chi connectivity index (χ1v) is 6.76. The summed E-state index contributed by atoms with van der Waals surface area (Å²) in [4.78, 5) is 14.9. The van der Waals surface area contributed by atoms with E-state index in [0.717, 1.165) is 25.3 Å². The van der Waals surface area contributed by atoms with Gasteiger partial charge in [0.15, 0.2) is 17.3 Å². The normalized spacial score (nSPS) is 11.4. The zero-order valence-electron chi connectivity index (χ0n) is 11.3. The predicted molar refractivity (Wildman–Crippen MR) is 73.6 cm³/mol. The Kier molecular flexibility index (Phi) is 4.69. The molecule has 122 valence electrons. The predicted octanol–water partition coefficient (Wildman–Crippen LogP) is 4.59. The summed E-state index contributed by atoms with van der Waals surface area (Å²) in [5, 5.41) is 0. The molecule has 0 unspecified atom stereocenters. The standard InChI is InChI=1S/C14H7BrF5NO2/c1-23-13(22)12-10(17)5-9(16)11(21-12)7-3-2-6(4-8(7)15)14(18,19)20/h2-5H,1H3. The quantitative estimate of drug-likeness (QED) is 0.551. The fraction of sp³-hybridized carbons (Fsp3) is 0.143. The Bertz CT molecular complexity index is 776. The number of alkyl halides is 3. The average molecular weight is 396 g/mol. The Morgan fingerprint density at radius 3 is 2.35 bits per heavy atom. The summed E-state index contributed by atoms with van der Waals surface area (Å²) in [5.41, 5.74) is -2.27. The van der Waals surface area contributed by atoms with Crippen LogP contribution in [0.1, 0.15) is 16.1 Å².